The number of likely N-dealkylation sites (N-methyl/N-ethyl adjacent to an activating group) is 4. The molecule has 3 N–H and O–H groups in total. The molecule has 0 radical (unpaired) electrons. The summed E-state index contributed by atoms with van der Waals surface area (Å²) in [5, 5.41) is 17.4. The first-order valence-electron chi connectivity index (χ1n) is 35.0. The van der Waals surface area contributed by atoms with Crippen LogP contribution in [0.25, 0.3) is 43.6 Å². The van der Waals surface area contributed by atoms with Crippen LogP contribution in [0.15, 0.2) is 148 Å². The molecule has 0 fully saturated rings. The number of nitrogens with zero attached hydrogens (tertiary/aromatic N) is 12. The van der Waals surface area contributed by atoms with E-state index in [-0.39, 0.29) is 12.4 Å². The number of aliphatic hydroxyl groups is 1. The lowest BCUT2D eigenvalue weighted by atomic mass is 9.94. The van der Waals surface area contributed by atoms with E-state index in [4.69, 9.17) is 28.9 Å². The van der Waals surface area contributed by atoms with Crippen molar-refractivity contribution in [3.05, 3.63) is 253 Å². The first-order chi connectivity index (χ1) is 48.6. The minimum Gasteiger partial charge on any atom is -0.382 e. The summed E-state index contributed by atoms with van der Waals surface area (Å²) in [5.41, 5.74) is 29.2. The van der Waals surface area contributed by atoms with Gasteiger partial charge < -0.3 is 48.7 Å². The van der Waals surface area contributed by atoms with Gasteiger partial charge in [0.1, 0.15) is 11.4 Å². The number of benzene rings is 4. The topological polar surface area (TPSA) is 130 Å². The first kappa shape index (κ1) is 72.7. The molecule has 0 spiro atoms. The number of nitrogens with two attached hydrogens (primary N) is 1. The van der Waals surface area contributed by atoms with Crippen molar-refractivity contribution < 1.29 is 9.50 Å². The van der Waals surface area contributed by atoms with E-state index < -0.39 is 5.60 Å². The molecule has 1 atom stereocenters. The van der Waals surface area contributed by atoms with Crippen molar-refractivity contribution in [2.75, 3.05) is 60.9 Å². The molecule has 4 aromatic carbocycles. The van der Waals surface area contributed by atoms with Crippen LogP contribution < -0.4 is 5.73 Å². The molecule has 8 aromatic heterocycles. The predicted octanol–water partition coefficient (Wildman–Crippen LogP) is 16.6. The zero-order chi connectivity index (χ0) is 71.0. The normalized spacial score (nSPS) is 15.5. The number of fused-ring (bicyclic) bond motifs is 12. The molecule has 0 aliphatic carbocycles. The summed E-state index contributed by atoms with van der Waals surface area (Å²) >= 11 is 24.4. The standard InChI is InChI=1S/C21H26N4O.C20H21Br2N3.C20H21BrClN3.C20H21ClFN3/c1-15-3-4-19-17(11-15)18-12-24(2)10-7-20(18)25(19)14-21(26,13-22)16-5-8-23-9-6-16;1-13-3-4-14(11-23-13)7-10-25-18-8-9-24(2)12-15(18)19-16(21)5-6-17(22)20(19)25;2*1-13-3-4-14(11-23-13)7-10-25-18-8-9-24(2)12-15(18)19-17(22)6-5-16(21)20(19)25/h3-6,8-9,11,26H,7,10,12-14,22H2,1-2H3;3*3-6,11H,7-10,12H2,1-2H3. The van der Waals surface area contributed by atoms with Crippen LogP contribution in [-0.2, 0) is 103 Å². The lowest BCUT2D eigenvalue weighted by Crippen LogP contribution is -2.40. The van der Waals surface area contributed by atoms with Crippen molar-refractivity contribution >= 4 is 115 Å². The van der Waals surface area contributed by atoms with E-state index in [0.29, 0.717) is 17.0 Å². The zero-order valence-corrected chi connectivity index (χ0v) is 65.3. The van der Waals surface area contributed by atoms with Gasteiger partial charge >= 0.3 is 0 Å². The van der Waals surface area contributed by atoms with Gasteiger partial charge in [0.15, 0.2) is 0 Å². The highest BCUT2D eigenvalue weighted by atomic mass is 79.9. The molecule has 0 bridgehead atoms. The number of hydrogen-bond acceptors (Lipinski definition) is 10. The number of aromatic nitrogens is 8. The highest BCUT2D eigenvalue weighted by molar-refractivity contribution is 9.11. The van der Waals surface area contributed by atoms with E-state index in [1.165, 1.54) is 109 Å². The summed E-state index contributed by atoms with van der Waals surface area (Å²) in [6.45, 7) is 19.4. The van der Waals surface area contributed by atoms with E-state index >= 15 is 0 Å². The van der Waals surface area contributed by atoms with Crippen LogP contribution in [-0.4, -0.2) is 124 Å². The summed E-state index contributed by atoms with van der Waals surface area (Å²) < 4.78 is 27.6. The summed E-state index contributed by atoms with van der Waals surface area (Å²) in [5.74, 6) is -0.179. The molecule has 20 heteroatoms. The van der Waals surface area contributed by atoms with Crippen molar-refractivity contribution in [2.45, 2.75) is 131 Å². The average molecular weight is 1590 g/mol. The minimum atomic E-state index is -1.11. The monoisotopic (exact) mass is 1590 g/mol. The third-order valence-electron chi connectivity index (χ3n) is 20.8. The molecule has 526 valence electrons. The van der Waals surface area contributed by atoms with Gasteiger partial charge in [0.05, 0.1) is 33.1 Å². The van der Waals surface area contributed by atoms with E-state index in [1.54, 1.807) is 18.5 Å². The van der Waals surface area contributed by atoms with E-state index in [0.717, 1.165) is 160 Å². The van der Waals surface area contributed by atoms with Crippen LogP contribution >= 0.6 is 71.0 Å². The third-order valence-corrected chi connectivity index (χ3v) is 23.4. The number of rotatable bonds is 13. The third kappa shape index (κ3) is 15.5. The van der Waals surface area contributed by atoms with Crippen LogP contribution in [0.4, 0.5) is 4.39 Å². The Morgan fingerprint density at radius 3 is 1.40 bits per heavy atom. The van der Waals surface area contributed by atoms with Crippen molar-refractivity contribution in [1.82, 2.24) is 57.8 Å². The maximum atomic E-state index is 14.6. The van der Waals surface area contributed by atoms with E-state index in [9.17, 15) is 9.50 Å². The maximum Gasteiger partial charge on any atom is 0.133 e. The van der Waals surface area contributed by atoms with Gasteiger partial charge in [-0.05, 0) is 230 Å². The van der Waals surface area contributed by atoms with Crippen molar-refractivity contribution in [1.29, 1.82) is 0 Å². The number of halogens is 6. The van der Waals surface area contributed by atoms with Crippen LogP contribution in [0.2, 0.25) is 10.0 Å². The van der Waals surface area contributed by atoms with Gasteiger partial charge in [0.25, 0.3) is 0 Å². The fourth-order valence-electron chi connectivity index (χ4n) is 15.4. The minimum absolute atomic E-state index is 0.164. The summed E-state index contributed by atoms with van der Waals surface area (Å²) in [7, 11) is 8.62. The quantitative estimate of drug-likeness (QED) is 0.115. The summed E-state index contributed by atoms with van der Waals surface area (Å²) in [4.78, 5) is 26.7. The Kier molecular flexibility index (Phi) is 22.6. The zero-order valence-electron chi connectivity index (χ0n) is 59.0. The Morgan fingerprint density at radius 1 is 0.485 bits per heavy atom. The molecular weight excluding hydrogens is 1500 g/mol. The summed E-state index contributed by atoms with van der Waals surface area (Å²) in [6.07, 6.45) is 16.2. The maximum absolute atomic E-state index is 14.6. The van der Waals surface area contributed by atoms with Crippen molar-refractivity contribution in [3.63, 3.8) is 0 Å². The van der Waals surface area contributed by atoms with Crippen molar-refractivity contribution in [3.8, 4) is 0 Å². The molecule has 0 amide bonds. The van der Waals surface area contributed by atoms with Gasteiger partial charge in [-0.15, -0.1) is 0 Å². The van der Waals surface area contributed by atoms with Crippen LogP contribution in [0.5, 0.6) is 0 Å². The molecule has 0 saturated carbocycles. The largest absolute Gasteiger partial charge is 0.382 e. The molecule has 4 aliphatic rings. The lowest BCUT2D eigenvalue weighted by Gasteiger charge is -2.30. The highest BCUT2D eigenvalue weighted by Crippen LogP contribution is 2.43. The van der Waals surface area contributed by atoms with Gasteiger partial charge in [0, 0.05) is 216 Å². The van der Waals surface area contributed by atoms with E-state index in [1.807, 2.05) is 63.6 Å². The van der Waals surface area contributed by atoms with Crippen molar-refractivity contribution in [2.24, 2.45) is 5.73 Å². The van der Waals surface area contributed by atoms with Crippen LogP contribution in [0.1, 0.15) is 89.9 Å². The van der Waals surface area contributed by atoms with Crippen LogP contribution in [0.3, 0.4) is 0 Å². The molecule has 4 aliphatic heterocycles. The molecule has 16 rings (SSSR count). The smallest absolute Gasteiger partial charge is 0.133 e. The SMILES string of the molecule is Cc1ccc(CCn2c3c(c4c(Br)ccc(Br)c42)CN(C)CC3)cn1.Cc1ccc(CCn2c3c(c4c(Cl)ccc(Br)c42)CN(C)CC3)cn1.Cc1ccc(CCn2c3c(c4c(F)ccc(Cl)c42)CN(C)CC3)cn1.Cc1ccc2c(c1)c1c(n2CC(O)(CN)c2ccncc2)CCN(C)C1. The molecule has 14 nitrogen and oxygen atoms in total. The number of aryl methyl sites for hydroxylation is 10. The fraction of sp³-hybridized carbons (Fsp3) is 0.358. The number of hydrogen-bond donors (Lipinski definition) is 2. The van der Waals surface area contributed by atoms with Gasteiger partial charge in [-0.2, -0.15) is 0 Å². The molecular formula is C81H89Br3Cl2FN13O. The Labute approximate surface area is 627 Å². The molecule has 12 aromatic rings. The highest BCUT2D eigenvalue weighted by Gasteiger charge is 2.33. The Hall–Kier alpha value is -6.65. The second kappa shape index (κ2) is 31.4. The summed E-state index contributed by atoms with van der Waals surface area (Å²) in [6, 6.07) is 34.5. The van der Waals surface area contributed by atoms with Gasteiger partial charge in [-0.3, -0.25) is 19.9 Å². The fourth-order valence-corrected chi connectivity index (χ4v) is 17.6. The Morgan fingerprint density at radius 2 is 0.911 bits per heavy atom. The van der Waals surface area contributed by atoms with Gasteiger partial charge in [-0.1, -0.05) is 69.0 Å². The lowest BCUT2D eigenvalue weighted by molar-refractivity contribution is 0.0277. The predicted molar refractivity (Wildman–Crippen MR) is 421 cm³/mol. The Bertz CT molecular complexity index is 4610. The Balaban J connectivity index is 0.000000120. The van der Waals surface area contributed by atoms with Gasteiger partial charge in [-0.25, -0.2) is 4.39 Å². The second-order valence-corrected chi connectivity index (χ2v) is 31.5. The molecule has 12 heterocycles. The molecule has 0 saturated heterocycles. The van der Waals surface area contributed by atoms with Gasteiger partial charge in [0.2, 0.25) is 0 Å². The molecule has 101 heavy (non-hydrogen) atoms. The van der Waals surface area contributed by atoms with E-state index in [2.05, 4.69) is 207 Å². The number of pyridine rings is 4. The van der Waals surface area contributed by atoms with Crippen LogP contribution in [0, 0.1) is 33.5 Å². The molecule has 1 unspecified atom stereocenters. The average Bonchev–Trinajstić information content (AvgIpc) is 1.61. The second-order valence-electron chi connectivity index (χ2n) is 28.1. The first-order valence-corrected chi connectivity index (χ1v) is 38.1.